The van der Waals surface area contributed by atoms with E-state index < -0.39 is 10.8 Å². The SMILES string of the molecule is Cc1ccc(NC(=O)/C(C#N)=C/c2ccc(Br)c([N+](=O)[O-])c2)cc1C. The molecule has 0 fully saturated rings. The Balaban J connectivity index is 2.29. The van der Waals surface area contributed by atoms with E-state index in [4.69, 9.17) is 0 Å². The molecular weight excluding hydrogens is 386 g/mol. The molecule has 126 valence electrons. The zero-order chi connectivity index (χ0) is 18.6. The van der Waals surface area contributed by atoms with Gasteiger partial charge in [0.2, 0.25) is 0 Å². The molecule has 2 aromatic rings. The molecule has 0 bridgehead atoms. The third-order valence-electron chi connectivity index (χ3n) is 3.61. The summed E-state index contributed by atoms with van der Waals surface area (Å²) in [5, 5.41) is 22.9. The van der Waals surface area contributed by atoms with E-state index in [1.54, 1.807) is 12.1 Å². The highest BCUT2D eigenvalue weighted by atomic mass is 79.9. The van der Waals surface area contributed by atoms with Gasteiger partial charge in [0.15, 0.2) is 0 Å². The Morgan fingerprint density at radius 1 is 1.24 bits per heavy atom. The minimum Gasteiger partial charge on any atom is -0.321 e. The third kappa shape index (κ3) is 4.52. The molecule has 6 nitrogen and oxygen atoms in total. The second-order valence-electron chi connectivity index (χ2n) is 5.39. The molecule has 0 aliphatic rings. The fraction of sp³-hybridized carbons (Fsp3) is 0.111. The number of rotatable bonds is 4. The molecule has 25 heavy (non-hydrogen) atoms. The van der Waals surface area contributed by atoms with Crippen molar-refractivity contribution < 1.29 is 9.72 Å². The molecule has 1 amide bonds. The average molecular weight is 400 g/mol. The van der Waals surface area contributed by atoms with Crippen LogP contribution in [0.3, 0.4) is 0 Å². The number of anilines is 1. The van der Waals surface area contributed by atoms with Gasteiger partial charge in [0.25, 0.3) is 11.6 Å². The van der Waals surface area contributed by atoms with Crippen molar-refractivity contribution in [2.45, 2.75) is 13.8 Å². The molecule has 0 aliphatic heterocycles. The molecule has 0 unspecified atom stereocenters. The van der Waals surface area contributed by atoms with E-state index in [2.05, 4.69) is 21.2 Å². The lowest BCUT2D eigenvalue weighted by Crippen LogP contribution is -2.13. The van der Waals surface area contributed by atoms with E-state index in [-0.39, 0.29) is 11.3 Å². The van der Waals surface area contributed by atoms with Crippen LogP contribution in [0.15, 0.2) is 46.4 Å². The fourth-order valence-corrected chi connectivity index (χ4v) is 2.48. The van der Waals surface area contributed by atoms with E-state index in [9.17, 15) is 20.2 Å². The Hall–Kier alpha value is -2.98. The minimum absolute atomic E-state index is 0.138. The molecule has 2 aromatic carbocycles. The second kappa shape index (κ2) is 7.73. The first-order valence-electron chi connectivity index (χ1n) is 7.26. The number of hydrogen-bond acceptors (Lipinski definition) is 4. The predicted octanol–water partition coefficient (Wildman–Crippen LogP) is 4.52. The fourth-order valence-electron chi connectivity index (χ4n) is 2.09. The van der Waals surface area contributed by atoms with Gasteiger partial charge in [-0.25, -0.2) is 0 Å². The summed E-state index contributed by atoms with van der Waals surface area (Å²) in [5.41, 5.74) is 2.80. The molecular formula is C18H14BrN3O3. The summed E-state index contributed by atoms with van der Waals surface area (Å²) < 4.78 is 0.327. The number of nitro groups is 1. The first-order valence-corrected chi connectivity index (χ1v) is 8.05. The van der Waals surface area contributed by atoms with Gasteiger partial charge in [-0.1, -0.05) is 12.1 Å². The normalized spacial score (nSPS) is 10.9. The smallest absolute Gasteiger partial charge is 0.284 e. The van der Waals surface area contributed by atoms with E-state index in [0.717, 1.165) is 11.1 Å². The van der Waals surface area contributed by atoms with Gasteiger partial charge in [-0.05, 0) is 70.7 Å². The first-order chi connectivity index (χ1) is 11.8. The van der Waals surface area contributed by atoms with Gasteiger partial charge in [-0.15, -0.1) is 0 Å². The molecule has 0 atom stereocenters. The van der Waals surface area contributed by atoms with Crippen molar-refractivity contribution >= 4 is 39.3 Å². The van der Waals surface area contributed by atoms with E-state index in [1.165, 1.54) is 18.2 Å². The van der Waals surface area contributed by atoms with Crippen LogP contribution >= 0.6 is 15.9 Å². The van der Waals surface area contributed by atoms with Crippen molar-refractivity contribution in [1.29, 1.82) is 5.26 Å². The summed E-state index contributed by atoms with van der Waals surface area (Å²) in [6, 6.07) is 11.6. The lowest BCUT2D eigenvalue weighted by Gasteiger charge is -2.07. The van der Waals surface area contributed by atoms with Crippen LogP contribution in [-0.4, -0.2) is 10.8 Å². The van der Waals surface area contributed by atoms with Crippen LogP contribution < -0.4 is 5.32 Å². The van der Waals surface area contributed by atoms with E-state index in [0.29, 0.717) is 15.7 Å². The van der Waals surface area contributed by atoms with Crippen molar-refractivity contribution in [3.05, 3.63) is 73.2 Å². The van der Waals surface area contributed by atoms with Gasteiger partial charge in [-0.3, -0.25) is 14.9 Å². The summed E-state index contributed by atoms with van der Waals surface area (Å²) in [6.07, 6.45) is 1.32. The number of nitrogens with one attached hydrogen (secondary N) is 1. The van der Waals surface area contributed by atoms with Crippen molar-refractivity contribution in [2.75, 3.05) is 5.32 Å². The number of aryl methyl sites for hydroxylation is 2. The number of halogens is 1. The monoisotopic (exact) mass is 399 g/mol. The number of nitriles is 1. The Labute approximate surface area is 153 Å². The number of carbonyl (C=O) groups excluding carboxylic acids is 1. The van der Waals surface area contributed by atoms with Gasteiger partial charge < -0.3 is 5.32 Å². The number of nitrogens with zero attached hydrogens (tertiary/aromatic N) is 2. The summed E-state index contributed by atoms with van der Waals surface area (Å²) >= 11 is 3.09. The van der Waals surface area contributed by atoms with Crippen LogP contribution in [0, 0.1) is 35.3 Å². The number of nitro benzene ring substituents is 1. The second-order valence-corrected chi connectivity index (χ2v) is 6.25. The quantitative estimate of drug-likeness (QED) is 0.353. The minimum atomic E-state index is -0.573. The molecule has 0 radical (unpaired) electrons. The molecule has 0 spiro atoms. The molecule has 0 heterocycles. The van der Waals surface area contributed by atoms with E-state index >= 15 is 0 Å². The predicted molar refractivity (Wildman–Crippen MR) is 98.9 cm³/mol. The molecule has 1 N–H and O–H groups in total. The molecule has 0 aliphatic carbocycles. The molecule has 7 heteroatoms. The highest BCUT2D eigenvalue weighted by molar-refractivity contribution is 9.10. The summed E-state index contributed by atoms with van der Waals surface area (Å²) in [5.74, 6) is -0.573. The number of carbonyl (C=O) groups is 1. The van der Waals surface area contributed by atoms with Crippen LogP contribution in [-0.2, 0) is 4.79 Å². The number of hydrogen-bond donors (Lipinski definition) is 1. The lowest BCUT2D eigenvalue weighted by molar-refractivity contribution is -0.385. The summed E-state index contributed by atoms with van der Waals surface area (Å²) in [6.45, 7) is 3.88. The van der Waals surface area contributed by atoms with Crippen molar-refractivity contribution in [3.8, 4) is 6.07 Å². The topological polar surface area (TPSA) is 96.0 Å². The first kappa shape index (κ1) is 18.4. The van der Waals surface area contributed by atoms with Gasteiger partial charge in [0, 0.05) is 11.8 Å². The van der Waals surface area contributed by atoms with Gasteiger partial charge in [-0.2, -0.15) is 5.26 Å². The standard InChI is InChI=1S/C18H14BrN3O3/c1-11-3-5-15(7-12(11)2)21-18(23)14(10-20)8-13-4-6-16(19)17(9-13)22(24)25/h3-9H,1-2H3,(H,21,23)/b14-8+. The van der Waals surface area contributed by atoms with Crippen molar-refractivity contribution in [1.82, 2.24) is 0 Å². The molecule has 0 saturated carbocycles. The Kier molecular flexibility index (Phi) is 5.67. The highest BCUT2D eigenvalue weighted by Gasteiger charge is 2.14. The maximum absolute atomic E-state index is 12.3. The lowest BCUT2D eigenvalue weighted by atomic mass is 10.1. The highest BCUT2D eigenvalue weighted by Crippen LogP contribution is 2.26. The molecule has 0 aromatic heterocycles. The number of amides is 1. The van der Waals surface area contributed by atoms with Crippen LogP contribution in [0.5, 0.6) is 0 Å². The maximum Gasteiger partial charge on any atom is 0.284 e. The maximum atomic E-state index is 12.3. The molecule has 2 rings (SSSR count). The van der Waals surface area contributed by atoms with Crippen LogP contribution in [0.1, 0.15) is 16.7 Å². The zero-order valence-electron chi connectivity index (χ0n) is 13.5. The Bertz CT molecular complexity index is 930. The third-order valence-corrected chi connectivity index (χ3v) is 4.28. The Morgan fingerprint density at radius 3 is 2.56 bits per heavy atom. The summed E-state index contributed by atoms with van der Waals surface area (Å²) in [4.78, 5) is 22.7. The van der Waals surface area contributed by atoms with Crippen molar-refractivity contribution in [3.63, 3.8) is 0 Å². The van der Waals surface area contributed by atoms with Gasteiger partial charge >= 0.3 is 0 Å². The average Bonchev–Trinajstić information content (AvgIpc) is 2.57. The van der Waals surface area contributed by atoms with E-state index in [1.807, 2.05) is 32.0 Å². The van der Waals surface area contributed by atoms with Crippen LogP contribution in [0.25, 0.3) is 6.08 Å². The van der Waals surface area contributed by atoms with Gasteiger partial charge in [0.1, 0.15) is 11.6 Å². The van der Waals surface area contributed by atoms with Crippen LogP contribution in [0.4, 0.5) is 11.4 Å². The van der Waals surface area contributed by atoms with Crippen LogP contribution in [0.2, 0.25) is 0 Å². The zero-order valence-corrected chi connectivity index (χ0v) is 15.1. The summed E-state index contributed by atoms with van der Waals surface area (Å²) in [7, 11) is 0. The molecule has 0 saturated heterocycles. The Morgan fingerprint density at radius 2 is 1.96 bits per heavy atom. The van der Waals surface area contributed by atoms with Gasteiger partial charge in [0.05, 0.1) is 9.40 Å². The largest absolute Gasteiger partial charge is 0.321 e. The number of benzene rings is 2. The van der Waals surface area contributed by atoms with Crippen molar-refractivity contribution in [2.24, 2.45) is 0 Å².